The summed E-state index contributed by atoms with van der Waals surface area (Å²) in [6, 6.07) is 2.23. The van der Waals surface area contributed by atoms with E-state index in [4.69, 9.17) is 4.42 Å². The second-order valence-electron chi connectivity index (χ2n) is 4.38. The standard InChI is InChI=1S/C12H16N2OS/c1-9(10-4-6-15-8-10)14-12(2,3)11-13-5-7-16-11/h4-9,14H,1-3H3. The van der Waals surface area contributed by atoms with Crippen molar-refractivity contribution in [2.45, 2.75) is 32.4 Å². The van der Waals surface area contributed by atoms with Gasteiger partial charge in [-0.3, -0.25) is 5.32 Å². The van der Waals surface area contributed by atoms with Gasteiger partial charge in [0, 0.05) is 23.2 Å². The number of thiazole rings is 1. The SMILES string of the molecule is CC(NC(C)(C)c1nccs1)c1ccoc1. The first kappa shape index (κ1) is 11.4. The molecule has 0 bridgehead atoms. The first-order valence-electron chi connectivity index (χ1n) is 5.29. The molecule has 0 radical (unpaired) electrons. The minimum Gasteiger partial charge on any atom is -0.472 e. The van der Waals surface area contributed by atoms with Gasteiger partial charge in [-0.15, -0.1) is 11.3 Å². The monoisotopic (exact) mass is 236 g/mol. The lowest BCUT2D eigenvalue weighted by atomic mass is 10.0. The van der Waals surface area contributed by atoms with Crippen molar-refractivity contribution in [1.82, 2.24) is 10.3 Å². The van der Waals surface area contributed by atoms with Crippen molar-refractivity contribution in [3.63, 3.8) is 0 Å². The fourth-order valence-corrected chi connectivity index (χ4v) is 2.47. The van der Waals surface area contributed by atoms with Crippen LogP contribution in [0.3, 0.4) is 0 Å². The summed E-state index contributed by atoms with van der Waals surface area (Å²) < 4.78 is 5.09. The Balaban J connectivity index is 2.09. The molecule has 4 heteroatoms. The maximum absolute atomic E-state index is 5.09. The summed E-state index contributed by atoms with van der Waals surface area (Å²) in [7, 11) is 0. The molecule has 2 aromatic heterocycles. The van der Waals surface area contributed by atoms with E-state index in [0.717, 1.165) is 10.6 Å². The molecule has 3 nitrogen and oxygen atoms in total. The van der Waals surface area contributed by atoms with Crippen LogP contribution in [0.15, 0.2) is 34.6 Å². The molecule has 0 amide bonds. The third-order valence-electron chi connectivity index (χ3n) is 2.59. The van der Waals surface area contributed by atoms with Crippen molar-refractivity contribution in [3.8, 4) is 0 Å². The highest BCUT2D eigenvalue weighted by Crippen LogP contribution is 2.26. The fraction of sp³-hybridized carbons (Fsp3) is 0.417. The van der Waals surface area contributed by atoms with Gasteiger partial charge in [0.2, 0.25) is 0 Å². The van der Waals surface area contributed by atoms with Gasteiger partial charge in [0.05, 0.1) is 18.1 Å². The molecule has 1 atom stereocenters. The number of nitrogens with one attached hydrogen (secondary N) is 1. The molecule has 0 aliphatic carbocycles. The van der Waals surface area contributed by atoms with Crippen molar-refractivity contribution in [1.29, 1.82) is 0 Å². The first-order chi connectivity index (χ1) is 7.59. The van der Waals surface area contributed by atoms with E-state index in [2.05, 4.69) is 31.1 Å². The molecule has 0 saturated carbocycles. The molecule has 86 valence electrons. The van der Waals surface area contributed by atoms with Gasteiger partial charge in [-0.25, -0.2) is 4.98 Å². The smallest absolute Gasteiger partial charge is 0.112 e. The second-order valence-corrected chi connectivity index (χ2v) is 5.28. The number of nitrogens with zero attached hydrogens (tertiary/aromatic N) is 1. The molecule has 1 N–H and O–H groups in total. The van der Waals surface area contributed by atoms with Crippen LogP contribution in [-0.4, -0.2) is 4.98 Å². The highest BCUT2D eigenvalue weighted by Gasteiger charge is 2.25. The molecular formula is C12H16N2OS. The first-order valence-corrected chi connectivity index (χ1v) is 6.17. The van der Waals surface area contributed by atoms with Crippen LogP contribution < -0.4 is 5.32 Å². The largest absolute Gasteiger partial charge is 0.472 e. The Morgan fingerprint density at radius 1 is 1.50 bits per heavy atom. The van der Waals surface area contributed by atoms with E-state index in [1.165, 1.54) is 0 Å². The minimum atomic E-state index is -0.120. The van der Waals surface area contributed by atoms with Crippen LogP contribution in [0.1, 0.15) is 37.4 Å². The van der Waals surface area contributed by atoms with Gasteiger partial charge in [0.15, 0.2) is 0 Å². The molecule has 2 aromatic rings. The highest BCUT2D eigenvalue weighted by molar-refractivity contribution is 7.09. The molecule has 1 unspecified atom stereocenters. The van der Waals surface area contributed by atoms with E-state index < -0.39 is 0 Å². The van der Waals surface area contributed by atoms with Crippen LogP contribution in [0.25, 0.3) is 0 Å². The van der Waals surface area contributed by atoms with E-state index in [9.17, 15) is 0 Å². The van der Waals surface area contributed by atoms with Crippen LogP contribution >= 0.6 is 11.3 Å². The van der Waals surface area contributed by atoms with E-state index in [-0.39, 0.29) is 11.6 Å². The van der Waals surface area contributed by atoms with Gasteiger partial charge in [-0.1, -0.05) is 0 Å². The summed E-state index contributed by atoms with van der Waals surface area (Å²) >= 11 is 1.67. The zero-order chi connectivity index (χ0) is 11.6. The molecule has 16 heavy (non-hydrogen) atoms. The number of hydrogen-bond acceptors (Lipinski definition) is 4. The summed E-state index contributed by atoms with van der Waals surface area (Å²) in [6.07, 6.45) is 5.31. The summed E-state index contributed by atoms with van der Waals surface area (Å²) in [5.74, 6) is 0. The molecule has 2 heterocycles. The second kappa shape index (κ2) is 4.39. The maximum atomic E-state index is 5.09. The summed E-state index contributed by atoms with van der Waals surface area (Å²) in [5, 5.41) is 6.65. The molecule has 0 aromatic carbocycles. The Kier molecular flexibility index (Phi) is 3.12. The van der Waals surface area contributed by atoms with Gasteiger partial charge in [0.25, 0.3) is 0 Å². The van der Waals surface area contributed by atoms with Crippen molar-refractivity contribution in [2.24, 2.45) is 0 Å². The third kappa shape index (κ3) is 2.33. The van der Waals surface area contributed by atoms with Gasteiger partial charge in [-0.2, -0.15) is 0 Å². The van der Waals surface area contributed by atoms with Crippen LogP contribution in [0, 0.1) is 0 Å². The Morgan fingerprint density at radius 3 is 2.88 bits per heavy atom. The lowest BCUT2D eigenvalue weighted by Crippen LogP contribution is -2.38. The number of hydrogen-bond donors (Lipinski definition) is 1. The van der Waals surface area contributed by atoms with E-state index in [0.29, 0.717) is 0 Å². The number of rotatable bonds is 4. The van der Waals surface area contributed by atoms with Crippen LogP contribution in [0.2, 0.25) is 0 Å². The topological polar surface area (TPSA) is 38.1 Å². The van der Waals surface area contributed by atoms with Crippen LogP contribution in [0.5, 0.6) is 0 Å². The summed E-state index contributed by atoms with van der Waals surface area (Å²) in [6.45, 7) is 6.41. The van der Waals surface area contributed by atoms with Crippen molar-refractivity contribution in [2.75, 3.05) is 0 Å². The lowest BCUT2D eigenvalue weighted by Gasteiger charge is -2.27. The lowest BCUT2D eigenvalue weighted by molar-refractivity contribution is 0.355. The van der Waals surface area contributed by atoms with Crippen LogP contribution in [0.4, 0.5) is 0 Å². The Hall–Kier alpha value is -1.13. The zero-order valence-corrected chi connectivity index (χ0v) is 10.5. The van der Waals surface area contributed by atoms with E-state index >= 15 is 0 Å². The number of aromatic nitrogens is 1. The molecule has 0 fully saturated rings. The number of furan rings is 1. The van der Waals surface area contributed by atoms with Crippen molar-refractivity contribution < 1.29 is 4.42 Å². The zero-order valence-electron chi connectivity index (χ0n) is 9.73. The predicted molar refractivity (Wildman–Crippen MR) is 65.4 cm³/mol. The summed E-state index contributed by atoms with van der Waals surface area (Å²) in [5.41, 5.74) is 1.04. The average Bonchev–Trinajstić information content (AvgIpc) is 2.91. The molecule has 0 aliphatic heterocycles. The molecular weight excluding hydrogens is 220 g/mol. The van der Waals surface area contributed by atoms with Gasteiger partial charge in [-0.05, 0) is 26.8 Å². The summed E-state index contributed by atoms with van der Waals surface area (Å²) in [4.78, 5) is 4.35. The maximum Gasteiger partial charge on any atom is 0.112 e. The van der Waals surface area contributed by atoms with Crippen molar-refractivity contribution >= 4 is 11.3 Å². The predicted octanol–water partition coefficient (Wildman–Crippen LogP) is 3.32. The molecule has 2 rings (SSSR count). The Morgan fingerprint density at radius 2 is 2.31 bits per heavy atom. The van der Waals surface area contributed by atoms with Crippen LogP contribution in [-0.2, 0) is 5.54 Å². The normalized spacial score (nSPS) is 13.9. The van der Waals surface area contributed by atoms with Gasteiger partial charge < -0.3 is 4.42 Å². The molecule has 0 saturated heterocycles. The van der Waals surface area contributed by atoms with Crippen molar-refractivity contribution in [3.05, 3.63) is 40.7 Å². The van der Waals surface area contributed by atoms with E-state index in [1.807, 2.05) is 17.6 Å². The third-order valence-corrected chi connectivity index (χ3v) is 3.68. The quantitative estimate of drug-likeness (QED) is 0.885. The van der Waals surface area contributed by atoms with E-state index in [1.54, 1.807) is 23.9 Å². The van der Waals surface area contributed by atoms with Gasteiger partial charge in [0.1, 0.15) is 5.01 Å². The highest BCUT2D eigenvalue weighted by atomic mass is 32.1. The van der Waals surface area contributed by atoms with Gasteiger partial charge >= 0.3 is 0 Å². The Labute approximate surface area is 99.5 Å². The Bertz CT molecular complexity index is 420. The minimum absolute atomic E-state index is 0.120. The molecule has 0 spiro atoms. The molecule has 0 aliphatic rings. The average molecular weight is 236 g/mol. The fourth-order valence-electron chi connectivity index (χ4n) is 1.74.